The summed E-state index contributed by atoms with van der Waals surface area (Å²) in [6.45, 7) is 2.04. The van der Waals surface area contributed by atoms with E-state index >= 15 is 0 Å². The first kappa shape index (κ1) is 15.8. The number of aliphatic imine (C=N–C) groups is 1. The molecule has 5 heteroatoms. The lowest BCUT2D eigenvalue weighted by atomic mass is 10.1. The number of nitrogens with two attached hydrogens (primary N) is 1. The van der Waals surface area contributed by atoms with Crippen molar-refractivity contribution in [1.29, 1.82) is 0 Å². The van der Waals surface area contributed by atoms with Crippen LogP contribution in [0.15, 0.2) is 47.5 Å². The minimum absolute atomic E-state index is 0.0815. The number of carbonyl (C=O) groups is 1. The number of benzene rings is 2. The van der Waals surface area contributed by atoms with Gasteiger partial charge in [-0.05, 0) is 36.2 Å². The molecule has 2 N–H and O–H groups in total. The van der Waals surface area contributed by atoms with Crippen molar-refractivity contribution < 1.29 is 13.6 Å². The number of Topliss-reactive ketones (excluding diaryl/α,β-unsaturated/α-hetero) is 1. The molecule has 0 aliphatic carbocycles. The van der Waals surface area contributed by atoms with Gasteiger partial charge < -0.3 is 5.73 Å². The predicted molar refractivity (Wildman–Crippen MR) is 82.4 cm³/mol. The molecule has 0 aliphatic rings. The summed E-state index contributed by atoms with van der Waals surface area (Å²) in [5.74, 6) is -2.08. The summed E-state index contributed by atoms with van der Waals surface area (Å²) in [5.41, 5.74) is 7.33. The average Bonchev–Trinajstić information content (AvgIpc) is 2.47. The van der Waals surface area contributed by atoms with Gasteiger partial charge in [-0.3, -0.25) is 4.79 Å². The molecule has 0 heterocycles. The van der Waals surface area contributed by atoms with Gasteiger partial charge >= 0.3 is 0 Å². The monoisotopic (exact) mass is 302 g/mol. The van der Waals surface area contributed by atoms with Gasteiger partial charge in [-0.1, -0.05) is 19.1 Å². The van der Waals surface area contributed by atoms with Crippen LogP contribution in [0.3, 0.4) is 0 Å². The van der Waals surface area contributed by atoms with Gasteiger partial charge in [0.05, 0.1) is 17.7 Å². The number of nitrogens with zero attached hydrogens (tertiary/aromatic N) is 1. The second-order valence-electron chi connectivity index (χ2n) is 4.85. The van der Waals surface area contributed by atoms with Gasteiger partial charge in [0.2, 0.25) is 0 Å². The molecule has 0 aromatic heterocycles. The number of hydrogen-bond acceptors (Lipinski definition) is 2. The topological polar surface area (TPSA) is 55.4 Å². The van der Waals surface area contributed by atoms with E-state index in [1.54, 1.807) is 12.1 Å². The highest BCUT2D eigenvalue weighted by Gasteiger charge is 2.14. The Labute approximate surface area is 127 Å². The largest absolute Gasteiger partial charge is 0.387 e. The van der Waals surface area contributed by atoms with Crippen molar-refractivity contribution in [3.05, 3.63) is 65.2 Å². The van der Waals surface area contributed by atoms with E-state index in [-0.39, 0.29) is 17.8 Å². The molecule has 0 spiro atoms. The summed E-state index contributed by atoms with van der Waals surface area (Å²) in [6, 6.07) is 10.3. The summed E-state index contributed by atoms with van der Waals surface area (Å²) < 4.78 is 26.3. The van der Waals surface area contributed by atoms with Gasteiger partial charge in [-0.25, -0.2) is 13.8 Å². The first-order chi connectivity index (χ1) is 10.5. The van der Waals surface area contributed by atoms with Crippen LogP contribution in [0.25, 0.3) is 0 Å². The Morgan fingerprint density at radius 3 is 2.41 bits per heavy atom. The number of aryl methyl sites for hydroxylation is 1. The molecule has 0 atom stereocenters. The smallest absolute Gasteiger partial charge is 0.173 e. The molecule has 0 fully saturated rings. The lowest BCUT2D eigenvalue weighted by Crippen LogP contribution is -2.17. The van der Waals surface area contributed by atoms with Crippen LogP contribution in [0, 0.1) is 11.6 Å². The standard InChI is InChI=1S/C17H16F2N2O/c1-2-11-3-6-13(7-4-11)21-17(20)10-16(22)14-8-5-12(18)9-15(14)19/h3-9H,2,10H2,1H3,(H2,20,21). The molecule has 0 saturated carbocycles. The van der Waals surface area contributed by atoms with Crippen molar-refractivity contribution in [2.45, 2.75) is 19.8 Å². The fourth-order valence-corrected chi connectivity index (χ4v) is 1.99. The van der Waals surface area contributed by atoms with Gasteiger partial charge in [0, 0.05) is 6.07 Å². The van der Waals surface area contributed by atoms with E-state index in [2.05, 4.69) is 4.99 Å². The van der Waals surface area contributed by atoms with E-state index in [9.17, 15) is 13.6 Å². The lowest BCUT2D eigenvalue weighted by molar-refractivity contribution is 0.0996. The summed E-state index contributed by atoms with van der Waals surface area (Å²) in [4.78, 5) is 16.1. The first-order valence-corrected chi connectivity index (χ1v) is 6.90. The third-order valence-corrected chi connectivity index (χ3v) is 3.19. The van der Waals surface area contributed by atoms with Gasteiger partial charge in [0.1, 0.15) is 17.5 Å². The second-order valence-corrected chi connectivity index (χ2v) is 4.85. The molecule has 0 unspecified atom stereocenters. The van der Waals surface area contributed by atoms with Crippen molar-refractivity contribution in [2.75, 3.05) is 0 Å². The van der Waals surface area contributed by atoms with E-state index in [0.29, 0.717) is 11.8 Å². The zero-order valence-corrected chi connectivity index (χ0v) is 12.1. The summed E-state index contributed by atoms with van der Waals surface area (Å²) in [6.07, 6.45) is 0.694. The number of halogens is 2. The van der Waals surface area contributed by atoms with E-state index in [0.717, 1.165) is 18.6 Å². The molecular formula is C17H16F2N2O. The molecule has 0 radical (unpaired) electrons. The minimum atomic E-state index is -0.898. The van der Waals surface area contributed by atoms with E-state index in [1.807, 2.05) is 19.1 Å². The fourth-order valence-electron chi connectivity index (χ4n) is 1.99. The summed E-state index contributed by atoms with van der Waals surface area (Å²) in [5, 5.41) is 0. The lowest BCUT2D eigenvalue weighted by Gasteiger charge is -2.03. The van der Waals surface area contributed by atoms with Crippen LogP contribution in [-0.2, 0) is 6.42 Å². The molecule has 2 aromatic rings. The SMILES string of the molecule is CCc1ccc(N=C(N)CC(=O)c2ccc(F)cc2F)cc1. The Morgan fingerprint density at radius 2 is 1.82 bits per heavy atom. The quantitative estimate of drug-likeness (QED) is 0.519. The Hall–Kier alpha value is -2.56. The Balaban J connectivity index is 2.11. The van der Waals surface area contributed by atoms with Crippen molar-refractivity contribution >= 4 is 17.3 Å². The van der Waals surface area contributed by atoms with E-state index < -0.39 is 17.4 Å². The van der Waals surface area contributed by atoms with Gasteiger partial charge in [-0.15, -0.1) is 0 Å². The molecule has 0 saturated heterocycles. The highest BCUT2D eigenvalue weighted by molar-refractivity contribution is 6.09. The van der Waals surface area contributed by atoms with Crippen molar-refractivity contribution in [2.24, 2.45) is 10.7 Å². The molecule has 114 valence electrons. The Kier molecular flexibility index (Phi) is 4.99. The van der Waals surface area contributed by atoms with Crippen molar-refractivity contribution in [3.63, 3.8) is 0 Å². The summed E-state index contributed by atoms with van der Waals surface area (Å²) in [7, 11) is 0. The summed E-state index contributed by atoms with van der Waals surface area (Å²) >= 11 is 0. The third-order valence-electron chi connectivity index (χ3n) is 3.19. The number of hydrogen-bond donors (Lipinski definition) is 1. The number of ketones is 1. The maximum absolute atomic E-state index is 13.5. The van der Waals surface area contributed by atoms with E-state index in [4.69, 9.17) is 5.73 Å². The molecule has 0 amide bonds. The fraction of sp³-hybridized carbons (Fsp3) is 0.176. The highest BCUT2D eigenvalue weighted by atomic mass is 19.1. The van der Waals surface area contributed by atoms with Gasteiger partial charge in [0.25, 0.3) is 0 Å². The third kappa shape index (κ3) is 3.97. The maximum Gasteiger partial charge on any atom is 0.173 e. The van der Waals surface area contributed by atoms with Crippen LogP contribution in [0.4, 0.5) is 14.5 Å². The van der Waals surface area contributed by atoms with Crippen LogP contribution in [-0.4, -0.2) is 11.6 Å². The molecule has 22 heavy (non-hydrogen) atoms. The molecule has 0 bridgehead atoms. The molecular weight excluding hydrogens is 286 g/mol. The molecule has 2 aromatic carbocycles. The molecule has 2 rings (SSSR count). The van der Waals surface area contributed by atoms with Crippen LogP contribution in [0.1, 0.15) is 29.3 Å². The number of amidine groups is 1. The van der Waals surface area contributed by atoms with Crippen LogP contribution in [0.5, 0.6) is 0 Å². The number of carbonyl (C=O) groups excluding carboxylic acids is 1. The Bertz CT molecular complexity index is 709. The van der Waals surface area contributed by atoms with Crippen LogP contribution < -0.4 is 5.73 Å². The van der Waals surface area contributed by atoms with E-state index in [1.165, 1.54) is 5.56 Å². The molecule has 3 nitrogen and oxygen atoms in total. The molecule has 0 aliphatic heterocycles. The van der Waals surface area contributed by atoms with Crippen molar-refractivity contribution in [3.8, 4) is 0 Å². The Morgan fingerprint density at radius 1 is 1.14 bits per heavy atom. The first-order valence-electron chi connectivity index (χ1n) is 6.90. The van der Waals surface area contributed by atoms with Gasteiger partial charge in [-0.2, -0.15) is 0 Å². The highest BCUT2D eigenvalue weighted by Crippen LogP contribution is 2.15. The normalized spacial score (nSPS) is 11.5. The zero-order chi connectivity index (χ0) is 16.1. The maximum atomic E-state index is 13.5. The minimum Gasteiger partial charge on any atom is -0.387 e. The predicted octanol–water partition coefficient (Wildman–Crippen LogP) is 3.79. The van der Waals surface area contributed by atoms with Crippen LogP contribution in [0.2, 0.25) is 0 Å². The second kappa shape index (κ2) is 6.93. The van der Waals surface area contributed by atoms with Crippen molar-refractivity contribution in [1.82, 2.24) is 0 Å². The van der Waals surface area contributed by atoms with Gasteiger partial charge in [0.15, 0.2) is 5.78 Å². The van der Waals surface area contributed by atoms with Crippen LogP contribution >= 0.6 is 0 Å². The average molecular weight is 302 g/mol. The number of rotatable bonds is 5. The zero-order valence-electron chi connectivity index (χ0n) is 12.1.